The smallest absolute Gasteiger partial charge is 0.416 e. The number of halogens is 3. The Balaban J connectivity index is 1.69. The van der Waals surface area contributed by atoms with E-state index in [2.05, 4.69) is 12.2 Å². The van der Waals surface area contributed by atoms with Crippen LogP contribution < -0.4 is 10.1 Å². The number of rotatable bonds is 4. The number of carbonyl (C=O) groups is 2. The molecule has 1 aromatic carbocycles. The lowest BCUT2D eigenvalue weighted by atomic mass is 9.81. The summed E-state index contributed by atoms with van der Waals surface area (Å²) in [5.74, 6) is 0.294. The average Bonchev–Trinajstić information content (AvgIpc) is 2.69. The number of piperidine rings is 1. The van der Waals surface area contributed by atoms with Crippen molar-refractivity contribution in [3.8, 4) is 5.75 Å². The molecule has 2 aliphatic rings. The van der Waals surface area contributed by atoms with E-state index in [-0.39, 0.29) is 41.5 Å². The van der Waals surface area contributed by atoms with Crippen LogP contribution in [0, 0.1) is 11.8 Å². The minimum atomic E-state index is -4.49. The Bertz CT molecular complexity index is 766. The molecule has 1 N–H and O–H groups in total. The zero-order valence-corrected chi connectivity index (χ0v) is 17.3. The van der Waals surface area contributed by atoms with Crippen LogP contribution in [0.15, 0.2) is 18.2 Å². The Morgan fingerprint density at radius 2 is 2.03 bits per heavy atom. The van der Waals surface area contributed by atoms with E-state index >= 15 is 0 Å². The molecule has 0 saturated carbocycles. The van der Waals surface area contributed by atoms with E-state index in [1.165, 1.54) is 6.07 Å². The third-order valence-electron chi connectivity index (χ3n) is 6.01. The molecule has 0 unspecified atom stereocenters. The Kier molecular flexibility index (Phi) is 7.26. The first-order valence-corrected chi connectivity index (χ1v) is 10.7. The lowest BCUT2D eigenvalue weighted by Crippen LogP contribution is -2.45. The van der Waals surface area contributed by atoms with Crippen molar-refractivity contribution in [3.63, 3.8) is 0 Å². The Morgan fingerprint density at radius 3 is 2.77 bits per heavy atom. The maximum atomic E-state index is 13.0. The van der Waals surface area contributed by atoms with Gasteiger partial charge in [-0.2, -0.15) is 13.2 Å². The second-order valence-corrected chi connectivity index (χ2v) is 8.20. The SMILES string of the molecule is CCCCCC(=O)N1CC[C@H]2CC(=O)Nc3cc(C(F)(F)F)ccc3OCC[C@H]2C1. The first-order chi connectivity index (χ1) is 14.3. The van der Waals surface area contributed by atoms with E-state index < -0.39 is 11.7 Å². The largest absolute Gasteiger partial charge is 0.491 e. The third-order valence-corrected chi connectivity index (χ3v) is 6.01. The second-order valence-electron chi connectivity index (χ2n) is 8.20. The molecular formula is C22H29F3N2O3. The van der Waals surface area contributed by atoms with E-state index in [0.717, 1.165) is 31.4 Å². The summed E-state index contributed by atoms with van der Waals surface area (Å²) >= 11 is 0. The topological polar surface area (TPSA) is 58.6 Å². The van der Waals surface area contributed by atoms with Gasteiger partial charge in [0.15, 0.2) is 0 Å². The standard InChI is InChI=1S/C22H29F3N2O3/c1-2-3-4-5-21(29)27-10-8-15-12-20(28)26-18-13-17(22(23,24)25)6-7-19(18)30-11-9-16(15)14-27/h6-7,13,15-16H,2-5,8-12,14H2,1H3,(H,26,28)/t15-,16-/m0/s1. The molecule has 30 heavy (non-hydrogen) atoms. The first kappa shape index (κ1) is 22.4. The number of nitrogens with zero attached hydrogens (tertiary/aromatic N) is 1. The maximum Gasteiger partial charge on any atom is 0.416 e. The minimum absolute atomic E-state index is 0.0526. The van der Waals surface area contributed by atoms with Crippen molar-refractivity contribution >= 4 is 17.5 Å². The van der Waals surface area contributed by atoms with Gasteiger partial charge in [0.05, 0.1) is 17.9 Å². The van der Waals surface area contributed by atoms with E-state index in [1.807, 2.05) is 4.90 Å². The molecule has 3 rings (SSSR count). The van der Waals surface area contributed by atoms with Crippen LogP contribution in [0.1, 0.15) is 57.4 Å². The quantitative estimate of drug-likeness (QED) is 0.700. The zero-order valence-electron chi connectivity index (χ0n) is 17.3. The second kappa shape index (κ2) is 9.71. The number of alkyl halides is 3. The van der Waals surface area contributed by atoms with Crippen molar-refractivity contribution in [2.24, 2.45) is 11.8 Å². The summed E-state index contributed by atoms with van der Waals surface area (Å²) in [6.07, 6.45) is 0.657. The van der Waals surface area contributed by atoms with Gasteiger partial charge in [-0.1, -0.05) is 19.8 Å². The van der Waals surface area contributed by atoms with Gasteiger partial charge in [0.1, 0.15) is 5.75 Å². The third kappa shape index (κ3) is 5.67. The van der Waals surface area contributed by atoms with Crippen LogP contribution in [0.3, 0.4) is 0 Å². The molecule has 0 radical (unpaired) electrons. The molecule has 2 aliphatic heterocycles. The van der Waals surface area contributed by atoms with Gasteiger partial charge in [0.25, 0.3) is 0 Å². The Hall–Kier alpha value is -2.25. The summed E-state index contributed by atoms with van der Waals surface area (Å²) in [6, 6.07) is 3.13. The van der Waals surface area contributed by atoms with Crippen molar-refractivity contribution in [1.82, 2.24) is 4.90 Å². The molecular weight excluding hydrogens is 397 g/mol. The fourth-order valence-electron chi connectivity index (χ4n) is 4.28. The predicted molar refractivity (Wildman–Crippen MR) is 107 cm³/mol. The molecule has 0 aromatic heterocycles. The number of amides is 2. The number of anilines is 1. The normalized spacial score (nSPS) is 22.4. The van der Waals surface area contributed by atoms with Crippen LogP contribution in [-0.2, 0) is 15.8 Å². The van der Waals surface area contributed by atoms with Crippen molar-refractivity contribution in [3.05, 3.63) is 23.8 Å². The number of ether oxygens (including phenoxy) is 1. The van der Waals surface area contributed by atoms with Gasteiger partial charge in [-0.05, 0) is 49.3 Å². The number of hydrogen-bond donors (Lipinski definition) is 1. The highest BCUT2D eigenvalue weighted by atomic mass is 19.4. The summed E-state index contributed by atoms with van der Waals surface area (Å²) in [6.45, 7) is 3.65. The number of unbranched alkanes of at least 4 members (excludes halogenated alkanes) is 2. The lowest BCUT2D eigenvalue weighted by molar-refractivity contribution is -0.138. The summed E-state index contributed by atoms with van der Waals surface area (Å²) < 4.78 is 44.8. The molecule has 166 valence electrons. The van der Waals surface area contributed by atoms with Crippen molar-refractivity contribution in [1.29, 1.82) is 0 Å². The van der Waals surface area contributed by atoms with E-state index in [9.17, 15) is 22.8 Å². The van der Waals surface area contributed by atoms with Crippen molar-refractivity contribution in [2.45, 2.75) is 58.0 Å². The molecule has 0 bridgehead atoms. The first-order valence-electron chi connectivity index (χ1n) is 10.7. The van der Waals surface area contributed by atoms with Gasteiger partial charge in [0.2, 0.25) is 11.8 Å². The Morgan fingerprint density at radius 1 is 1.23 bits per heavy atom. The van der Waals surface area contributed by atoms with Gasteiger partial charge < -0.3 is 15.0 Å². The highest BCUT2D eigenvalue weighted by Gasteiger charge is 2.34. The highest BCUT2D eigenvalue weighted by Crippen LogP contribution is 2.37. The molecule has 2 amide bonds. The van der Waals surface area contributed by atoms with Crippen LogP contribution >= 0.6 is 0 Å². The average molecular weight is 426 g/mol. The van der Waals surface area contributed by atoms with Crippen molar-refractivity contribution < 1.29 is 27.5 Å². The van der Waals surface area contributed by atoms with Crippen LogP contribution in [0.2, 0.25) is 0 Å². The number of fused-ring (bicyclic) bond motifs is 2. The van der Waals surface area contributed by atoms with Gasteiger partial charge in [-0.25, -0.2) is 0 Å². The van der Waals surface area contributed by atoms with Crippen LogP contribution in [0.25, 0.3) is 0 Å². The lowest BCUT2D eigenvalue weighted by Gasteiger charge is -2.39. The summed E-state index contributed by atoms with van der Waals surface area (Å²) in [4.78, 5) is 26.9. The highest BCUT2D eigenvalue weighted by molar-refractivity contribution is 5.92. The minimum Gasteiger partial charge on any atom is -0.491 e. The number of benzene rings is 1. The molecule has 2 atom stereocenters. The fraction of sp³-hybridized carbons (Fsp3) is 0.636. The van der Waals surface area contributed by atoms with E-state index in [0.29, 0.717) is 39.0 Å². The molecule has 0 spiro atoms. The van der Waals surface area contributed by atoms with Gasteiger partial charge >= 0.3 is 6.18 Å². The van der Waals surface area contributed by atoms with Crippen LogP contribution in [0.5, 0.6) is 5.75 Å². The van der Waals surface area contributed by atoms with Gasteiger partial charge in [-0.3, -0.25) is 9.59 Å². The monoisotopic (exact) mass is 426 g/mol. The molecule has 2 heterocycles. The molecule has 8 heteroatoms. The number of hydrogen-bond acceptors (Lipinski definition) is 3. The fourth-order valence-corrected chi connectivity index (χ4v) is 4.28. The van der Waals surface area contributed by atoms with E-state index in [4.69, 9.17) is 4.74 Å². The summed E-state index contributed by atoms with van der Waals surface area (Å²) in [5, 5.41) is 2.60. The van der Waals surface area contributed by atoms with Crippen molar-refractivity contribution in [2.75, 3.05) is 25.0 Å². The maximum absolute atomic E-state index is 13.0. The van der Waals surface area contributed by atoms with Gasteiger partial charge in [0, 0.05) is 25.9 Å². The number of likely N-dealkylation sites (tertiary alicyclic amines) is 1. The zero-order chi connectivity index (χ0) is 21.7. The summed E-state index contributed by atoms with van der Waals surface area (Å²) in [5.41, 5.74) is -0.771. The van der Waals surface area contributed by atoms with E-state index in [1.54, 1.807) is 0 Å². The summed E-state index contributed by atoms with van der Waals surface area (Å²) in [7, 11) is 0. The Labute approximate surface area is 175 Å². The van der Waals surface area contributed by atoms with Gasteiger partial charge in [-0.15, -0.1) is 0 Å². The molecule has 1 aromatic rings. The molecule has 1 fully saturated rings. The molecule has 0 aliphatic carbocycles. The molecule has 5 nitrogen and oxygen atoms in total. The number of nitrogens with one attached hydrogen (secondary N) is 1. The number of carbonyl (C=O) groups excluding carboxylic acids is 2. The molecule has 1 saturated heterocycles. The predicted octanol–water partition coefficient (Wildman–Crippen LogP) is 4.86. The van der Waals surface area contributed by atoms with Crippen LogP contribution in [0.4, 0.5) is 18.9 Å². The van der Waals surface area contributed by atoms with Crippen LogP contribution in [-0.4, -0.2) is 36.4 Å².